The number of nitrogens with two attached hydrogens (primary N) is 1. The van der Waals surface area contributed by atoms with Gasteiger partial charge in [-0.15, -0.1) is 0 Å². The third-order valence-corrected chi connectivity index (χ3v) is 3.99. The summed E-state index contributed by atoms with van der Waals surface area (Å²) in [7, 11) is 2.03. The SMILES string of the molecule is CCC(CSC)N(C)Cc1cccc(N)c1C(=O)O. The van der Waals surface area contributed by atoms with Crippen LogP contribution in [0.1, 0.15) is 29.3 Å². The monoisotopic (exact) mass is 282 g/mol. The molecule has 5 heteroatoms. The Morgan fingerprint density at radius 1 is 1.53 bits per heavy atom. The van der Waals surface area contributed by atoms with Crippen LogP contribution in [-0.2, 0) is 6.54 Å². The second-order valence-electron chi connectivity index (χ2n) is 4.62. The number of benzene rings is 1. The first-order valence-electron chi connectivity index (χ1n) is 6.31. The van der Waals surface area contributed by atoms with Crippen LogP contribution >= 0.6 is 11.8 Å². The van der Waals surface area contributed by atoms with Crippen LogP contribution in [-0.4, -0.2) is 41.1 Å². The summed E-state index contributed by atoms with van der Waals surface area (Å²) in [5, 5.41) is 9.26. The summed E-state index contributed by atoms with van der Waals surface area (Å²) in [6.45, 7) is 2.75. The Labute approximate surface area is 119 Å². The molecule has 0 aliphatic rings. The number of anilines is 1. The highest BCUT2D eigenvalue weighted by molar-refractivity contribution is 7.98. The fourth-order valence-electron chi connectivity index (χ4n) is 2.16. The number of aromatic carboxylic acids is 1. The number of rotatable bonds is 7. The maximum atomic E-state index is 11.3. The lowest BCUT2D eigenvalue weighted by atomic mass is 10.0. The van der Waals surface area contributed by atoms with Gasteiger partial charge in [0.1, 0.15) is 0 Å². The summed E-state index contributed by atoms with van der Waals surface area (Å²) in [5.41, 5.74) is 7.09. The van der Waals surface area contributed by atoms with Gasteiger partial charge in [0.15, 0.2) is 0 Å². The van der Waals surface area contributed by atoms with Crippen molar-refractivity contribution in [3.8, 4) is 0 Å². The molecule has 3 N–H and O–H groups in total. The van der Waals surface area contributed by atoms with Crippen LogP contribution in [0.5, 0.6) is 0 Å². The van der Waals surface area contributed by atoms with Crippen molar-refractivity contribution in [1.82, 2.24) is 4.90 Å². The van der Waals surface area contributed by atoms with Crippen LogP contribution in [0.25, 0.3) is 0 Å². The summed E-state index contributed by atoms with van der Waals surface area (Å²) in [5.74, 6) is 0.0805. The number of carboxylic acid groups (broad SMARTS) is 1. The fourth-order valence-corrected chi connectivity index (χ4v) is 3.03. The summed E-state index contributed by atoms with van der Waals surface area (Å²) in [4.78, 5) is 13.5. The van der Waals surface area contributed by atoms with Crippen LogP contribution in [0.4, 0.5) is 5.69 Å². The van der Waals surface area contributed by atoms with Gasteiger partial charge in [0, 0.05) is 24.0 Å². The van der Waals surface area contributed by atoms with Gasteiger partial charge in [0.25, 0.3) is 0 Å². The molecule has 0 spiro atoms. The number of carbonyl (C=O) groups is 1. The van der Waals surface area contributed by atoms with E-state index in [1.165, 1.54) is 0 Å². The molecule has 0 fully saturated rings. The van der Waals surface area contributed by atoms with Gasteiger partial charge in [0.05, 0.1) is 5.56 Å². The van der Waals surface area contributed by atoms with Gasteiger partial charge in [-0.05, 0) is 31.4 Å². The van der Waals surface area contributed by atoms with Crippen molar-refractivity contribution < 1.29 is 9.90 Å². The Hall–Kier alpha value is -1.20. The zero-order valence-electron chi connectivity index (χ0n) is 11.7. The molecular weight excluding hydrogens is 260 g/mol. The zero-order valence-corrected chi connectivity index (χ0v) is 12.5. The normalized spacial score (nSPS) is 12.6. The van der Waals surface area contributed by atoms with Gasteiger partial charge in [0.2, 0.25) is 0 Å². The molecule has 1 aromatic rings. The number of nitrogens with zero attached hydrogens (tertiary/aromatic N) is 1. The Morgan fingerprint density at radius 3 is 2.74 bits per heavy atom. The maximum Gasteiger partial charge on any atom is 0.338 e. The molecule has 1 unspecified atom stereocenters. The van der Waals surface area contributed by atoms with Crippen LogP contribution in [0.15, 0.2) is 18.2 Å². The van der Waals surface area contributed by atoms with Crippen molar-refractivity contribution in [2.75, 3.05) is 24.8 Å². The van der Waals surface area contributed by atoms with Crippen LogP contribution < -0.4 is 5.73 Å². The van der Waals surface area contributed by atoms with Crippen molar-refractivity contribution in [2.45, 2.75) is 25.9 Å². The van der Waals surface area contributed by atoms with E-state index in [1.54, 1.807) is 23.9 Å². The van der Waals surface area contributed by atoms with E-state index >= 15 is 0 Å². The van der Waals surface area contributed by atoms with Gasteiger partial charge >= 0.3 is 5.97 Å². The summed E-state index contributed by atoms with van der Waals surface area (Å²) < 4.78 is 0. The second-order valence-corrected chi connectivity index (χ2v) is 5.53. The molecular formula is C14H22N2O2S. The molecule has 106 valence electrons. The smallest absolute Gasteiger partial charge is 0.338 e. The molecule has 0 radical (unpaired) electrons. The molecule has 19 heavy (non-hydrogen) atoms. The highest BCUT2D eigenvalue weighted by Gasteiger charge is 2.18. The Balaban J connectivity index is 2.93. The van der Waals surface area contributed by atoms with E-state index in [0.717, 1.165) is 17.7 Å². The highest BCUT2D eigenvalue weighted by atomic mass is 32.2. The first-order valence-corrected chi connectivity index (χ1v) is 7.70. The van der Waals surface area contributed by atoms with Gasteiger partial charge < -0.3 is 10.8 Å². The molecule has 4 nitrogen and oxygen atoms in total. The molecule has 0 saturated carbocycles. The molecule has 0 heterocycles. The molecule has 1 aromatic carbocycles. The molecule has 0 saturated heterocycles. The van der Waals surface area contributed by atoms with E-state index in [1.807, 2.05) is 13.1 Å². The predicted molar refractivity (Wildman–Crippen MR) is 81.7 cm³/mol. The fraction of sp³-hybridized carbons (Fsp3) is 0.500. The molecule has 0 amide bonds. The Bertz CT molecular complexity index is 437. The van der Waals surface area contributed by atoms with Gasteiger partial charge in [-0.2, -0.15) is 11.8 Å². The molecule has 1 rings (SSSR count). The number of thioether (sulfide) groups is 1. The summed E-state index contributed by atoms with van der Waals surface area (Å²) in [6, 6.07) is 5.72. The van der Waals surface area contributed by atoms with E-state index in [0.29, 0.717) is 18.3 Å². The maximum absolute atomic E-state index is 11.3. The third-order valence-electron chi connectivity index (χ3n) is 3.27. The van der Waals surface area contributed by atoms with Crippen molar-refractivity contribution in [2.24, 2.45) is 0 Å². The molecule has 0 aromatic heterocycles. The first-order chi connectivity index (χ1) is 9.01. The summed E-state index contributed by atoms with van der Waals surface area (Å²) in [6.07, 6.45) is 3.13. The Morgan fingerprint density at radius 2 is 2.21 bits per heavy atom. The lowest BCUT2D eigenvalue weighted by molar-refractivity contribution is 0.0695. The Kier molecular flexibility index (Phi) is 6.18. The van der Waals surface area contributed by atoms with E-state index in [9.17, 15) is 9.90 Å². The quantitative estimate of drug-likeness (QED) is 0.752. The molecule has 1 atom stereocenters. The van der Waals surface area contributed by atoms with Crippen molar-refractivity contribution in [1.29, 1.82) is 0 Å². The van der Waals surface area contributed by atoms with Crippen molar-refractivity contribution in [3.63, 3.8) is 0 Å². The lowest BCUT2D eigenvalue weighted by Gasteiger charge is -2.27. The first kappa shape index (κ1) is 15.9. The third kappa shape index (κ3) is 4.14. The van der Waals surface area contributed by atoms with Crippen molar-refractivity contribution in [3.05, 3.63) is 29.3 Å². The van der Waals surface area contributed by atoms with Crippen LogP contribution in [0, 0.1) is 0 Å². The van der Waals surface area contributed by atoms with E-state index in [-0.39, 0.29) is 5.56 Å². The minimum atomic E-state index is -0.959. The number of hydrogen-bond acceptors (Lipinski definition) is 4. The lowest BCUT2D eigenvalue weighted by Crippen LogP contribution is -2.33. The van der Waals surface area contributed by atoms with Gasteiger partial charge in [-0.25, -0.2) is 4.79 Å². The average Bonchev–Trinajstić information content (AvgIpc) is 2.35. The standard InChI is InChI=1S/C14H22N2O2S/c1-4-11(9-19-3)16(2)8-10-6-5-7-12(15)13(10)14(17)18/h5-7,11H,4,8-9,15H2,1-3H3,(H,17,18). The van der Waals surface area contributed by atoms with Crippen LogP contribution in [0.3, 0.4) is 0 Å². The minimum absolute atomic E-state index is 0.230. The molecule has 0 aliphatic carbocycles. The molecule has 0 bridgehead atoms. The van der Waals surface area contributed by atoms with Gasteiger partial charge in [-0.1, -0.05) is 19.1 Å². The second kappa shape index (κ2) is 7.40. The minimum Gasteiger partial charge on any atom is -0.478 e. The largest absolute Gasteiger partial charge is 0.478 e. The van der Waals surface area contributed by atoms with E-state index in [4.69, 9.17) is 5.73 Å². The molecule has 0 aliphatic heterocycles. The predicted octanol–water partition coefficient (Wildman–Crippen LogP) is 2.54. The highest BCUT2D eigenvalue weighted by Crippen LogP contribution is 2.20. The number of hydrogen-bond donors (Lipinski definition) is 2. The van der Waals surface area contributed by atoms with Gasteiger partial charge in [-0.3, -0.25) is 4.90 Å². The number of carboxylic acids is 1. The van der Waals surface area contributed by atoms with E-state index in [2.05, 4.69) is 18.1 Å². The van der Waals surface area contributed by atoms with Crippen molar-refractivity contribution >= 4 is 23.4 Å². The average molecular weight is 282 g/mol. The topological polar surface area (TPSA) is 66.6 Å². The summed E-state index contributed by atoms with van der Waals surface area (Å²) >= 11 is 1.80. The number of nitrogen functional groups attached to an aromatic ring is 1. The van der Waals surface area contributed by atoms with E-state index < -0.39 is 5.97 Å². The zero-order chi connectivity index (χ0) is 14.4. The van der Waals surface area contributed by atoms with Crippen LogP contribution in [0.2, 0.25) is 0 Å².